The second-order valence-corrected chi connectivity index (χ2v) is 5.49. The minimum absolute atomic E-state index is 0.0605. The lowest BCUT2D eigenvalue weighted by atomic mass is 9.86. The van der Waals surface area contributed by atoms with Crippen molar-refractivity contribution in [2.24, 2.45) is 11.7 Å². The van der Waals surface area contributed by atoms with E-state index in [0.29, 0.717) is 29.8 Å². The molecule has 104 valence electrons. The van der Waals surface area contributed by atoms with Gasteiger partial charge in [0.05, 0.1) is 17.0 Å². The molecule has 1 aromatic heterocycles. The van der Waals surface area contributed by atoms with Crippen molar-refractivity contribution in [1.29, 1.82) is 0 Å². The Hall–Kier alpha value is -1.49. The molecule has 0 aliphatic heterocycles. The molecule has 1 heterocycles. The van der Waals surface area contributed by atoms with Gasteiger partial charge in [0, 0.05) is 12.6 Å². The summed E-state index contributed by atoms with van der Waals surface area (Å²) in [6, 6.07) is 2.08. The van der Waals surface area contributed by atoms with Crippen LogP contribution in [-0.4, -0.2) is 28.7 Å². The summed E-state index contributed by atoms with van der Waals surface area (Å²) in [6.45, 7) is 4.34. The van der Waals surface area contributed by atoms with E-state index in [-0.39, 0.29) is 5.91 Å². The molecule has 1 aliphatic carbocycles. The fraction of sp³-hybridized carbons (Fsp3) is 0.643. The van der Waals surface area contributed by atoms with E-state index >= 15 is 0 Å². The van der Waals surface area contributed by atoms with Crippen LogP contribution in [0.1, 0.15) is 47.4 Å². The summed E-state index contributed by atoms with van der Waals surface area (Å²) in [7, 11) is 0. The lowest BCUT2D eigenvalue weighted by Crippen LogP contribution is -2.36. The molecule has 1 amide bonds. The molecule has 1 saturated carbocycles. The number of amides is 1. The zero-order valence-electron chi connectivity index (χ0n) is 11.6. The first-order valence-corrected chi connectivity index (χ1v) is 6.91. The molecule has 0 radical (unpaired) electrons. The van der Waals surface area contributed by atoms with Crippen LogP contribution in [0.4, 0.5) is 0 Å². The van der Waals surface area contributed by atoms with Crippen molar-refractivity contribution >= 4 is 5.91 Å². The molecular formula is C14H22N4O. The van der Waals surface area contributed by atoms with Crippen LogP contribution in [0.3, 0.4) is 0 Å². The van der Waals surface area contributed by atoms with Gasteiger partial charge in [0.25, 0.3) is 5.91 Å². The molecular weight excluding hydrogens is 240 g/mol. The number of hydrogen-bond acceptors (Lipinski definition) is 4. The monoisotopic (exact) mass is 262 g/mol. The standard InChI is InChI=1S/C14H22N4O/c1-9-6-13(10(2)18-17-9)14(19)16-8-11-4-3-5-12(15)7-11/h6,11-12H,3-5,7-8,15H2,1-2H3,(H,16,19). The topological polar surface area (TPSA) is 80.9 Å². The number of hydrogen-bond donors (Lipinski definition) is 2. The highest BCUT2D eigenvalue weighted by Crippen LogP contribution is 2.22. The van der Waals surface area contributed by atoms with Gasteiger partial charge in [-0.1, -0.05) is 6.42 Å². The van der Waals surface area contributed by atoms with E-state index in [1.54, 1.807) is 13.0 Å². The van der Waals surface area contributed by atoms with Gasteiger partial charge in [-0.25, -0.2) is 0 Å². The predicted octanol–water partition coefficient (Wildman–Crippen LogP) is 1.34. The van der Waals surface area contributed by atoms with Crippen molar-refractivity contribution in [3.8, 4) is 0 Å². The summed E-state index contributed by atoms with van der Waals surface area (Å²) < 4.78 is 0. The van der Waals surface area contributed by atoms with Gasteiger partial charge in [-0.2, -0.15) is 10.2 Å². The third-order valence-electron chi connectivity index (χ3n) is 3.72. The zero-order valence-corrected chi connectivity index (χ0v) is 11.6. The van der Waals surface area contributed by atoms with Crippen LogP contribution in [0, 0.1) is 19.8 Å². The average Bonchev–Trinajstić information content (AvgIpc) is 2.39. The summed E-state index contributed by atoms with van der Waals surface area (Å²) in [4.78, 5) is 12.1. The van der Waals surface area contributed by atoms with Gasteiger partial charge in [0.2, 0.25) is 0 Å². The van der Waals surface area contributed by atoms with E-state index in [0.717, 1.165) is 31.4 Å². The Morgan fingerprint density at radius 3 is 2.95 bits per heavy atom. The predicted molar refractivity (Wildman–Crippen MR) is 73.8 cm³/mol. The third kappa shape index (κ3) is 3.73. The first-order valence-electron chi connectivity index (χ1n) is 6.91. The molecule has 0 saturated heterocycles. The fourth-order valence-corrected chi connectivity index (χ4v) is 2.63. The first kappa shape index (κ1) is 13.9. The maximum Gasteiger partial charge on any atom is 0.253 e. The smallest absolute Gasteiger partial charge is 0.253 e. The number of nitrogens with two attached hydrogens (primary N) is 1. The molecule has 1 aromatic rings. The number of aryl methyl sites for hydroxylation is 2. The van der Waals surface area contributed by atoms with Crippen LogP contribution in [0.15, 0.2) is 6.07 Å². The summed E-state index contributed by atoms with van der Waals surface area (Å²) in [6.07, 6.45) is 4.43. The van der Waals surface area contributed by atoms with E-state index in [4.69, 9.17) is 5.73 Å². The van der Waals surface area contributed by atoms with Crippen LogP contribution < -0.4 is 11.1 Å². The Balaban J connectivity index is 1.92. The minimum Gasteiger partial charge on any atom is -0.352 e. The molecule has 0 bridgehead atoms. The summed E-state index contributed by atoms with van der Waals surface area (Å²) >= 11 is 0. The molecule has 5 nitrogen and oxygen atoms in total. The molecule has 2 unspecified atom stereocenters. The number of rotatable bonds is 3. The lowest BCUT2D eigenvalue weighted by Gasteiger charge is -2.26. The molecule has 19 heavy (non-hydrogen) atoms. The van der Waals surface area contributed by atoms with Gasteiger partial charge in [0.1, 0.15) is 0 Å². The van der Waals surface area contributed by atoms with Gasteiger partial charge in [-0.05, 0) is 45.1 Å². The van der Waals surface area contributed by atoms with Gasteiger partial charge >= 0.3 is 0 Å². The van der Waals surface area contributed by atoms with Crippen molar-refractivity contribution in [3.05, 3.63) is 23.0 Å². The van der Waals surface area contributed by atoms with E-state index < -0.39 is 0 Å². The molecule has 2 atom stereocenters. The second-order valence-electron chi connectivity index (χ2n) is 5.49. The molecule has 1 aliphatic rings. The zero-order chi connectivity index (χ0) is 13.8. The van der Waals surface area contributed by atoms with Gasteiger partial charge in [0.15, 0.2) is 0 Å². The van der Waals surface area contributed by atoms with Crippen molar-refractivity contribution in [3.63, 3.8) is 0 Å². The van der Waals surface area contributed by atoms with Crippen molar-refractivity contribution < 1.29 is 4.79 Å². The Morgan fingerprint density at radius 2 is 2.21 bits per heavy atom. The maximum absolute atomic E-state index is 12.1. The van der Waals surface area contributed by atoms with E-state index in [1.165, 1.54) is 0 Å². The Morgan fingerprint density at radius 1 is 1.42 bits per heavy atom. The van der Waals surface area contributed by atoms with Crippen molar-refractivity contribution in [2.45, 2.75) is 45.6 Å². The SMILES string of the molecule is Cc1cc(C(=O)NCC2CCCC(N)C2)c(C)nn1. The summed E-state index contributed by atoms with van der Waals surface area (Å²) in [5.74, 6) is 0.443. The maximum atomic E-state index is 12.1. The van der Waals surface area contributed by atoms with Gasteiger partial charge < -0.3 is 11.1 Å². The molecule has 1 fully saturated rings. The van der Waals surface area contributed by atoms with E-state index in [2.05, 4.69) is 15.5 Å². The number of carbonyl (C=O) groups is 1. The highest BCUT2D eigenvalue weighted by atomic mass is 16.1. The van der Waals surface area contributed by atoms with Crippen LogP contribution in [0.25, 0.3) is 0 Å². The van der Waals surface area contributed by atoms with Crippen LogP contribution >= 0.6 is 0 Å². The largest absolute Gasteiger partial charge is 0.352 e. The molecule has 3 N–H and O–H groups in total. The second kappa shape index (κ2) is 6.10. The lowest BCUT2D eigenvalue weighted by molar-refractivity contribution is 0.0941. The molecule has 5 heteroatoms. The van der Waals surface area contributed by atoms with Crippen molar-refractivity contribution in [2.75, 3.05) is 6.54 Å². The van der Waals surface area contributed by atoms with Gasteiger partial charge in [-0.3, -0.25) is 4.79 Å². The van der Waals surface area contributed by atoms with Gasteiger partial charge in [-0.15, -0.1) is 0 Å². The number of aromatic nitrogens is 2. The average molecular weight is 262 g/mol. The van der Waals surface area contributed by atoms with Crippen LogP contribution in [-0.2, 0) is 0 Å². The fourth-order valence-electron chi connectivity index (χ4n) is 2.63. The third-order valence-corrected chi connectivity index (χ3v) is 3.72. The molecule has 2 rings (SSSR count). The van der Waals surface area contributed by atoms with E-state index in [1.807, 2.05) is 6.92 Å². The number of nitrogens with one attached hydrogen (secondary N) is 1. The molecule has 0 spiro atoms. The number of nitrogens with zero attached hydrogens (tertiary/aromatic N) is 2. The normalized spacial score (nSPS) is 23.1. The highest BCUT2D eigenvalue weighted by Gasteiger charge is 2.20. The Labute approximate surface area is 114 Å². The minimum atomic E-state index is -0.0605. The summed E-state index contributed by atoms with van der Waals surface area (Å²) in [5, 5.41) is 10.9. The summed E-state index contributed by atoms with van der Waals surface area (Å²) in [5.41, 5.74) is 8.00. The highest BCUT2D eigenvalue weighted by molar-refractivity contribution is 5.95. The quantitative estimate of drug-likeness (QED) is 0.861. The van der Waals surface area contributed by atoms with Crippen LogP contribution in [0.5, 0.6) is 0 Å². The van der Waals surface area contributed by atoms with E-state index in [9.17, 15) is 4.79 Å². The molecule has 0 aromatic carbocycles. The van der Waals surface area contributed by atoms with Crippen molar-refractivity contribution in [1.82, 2.24) is 15.5 Å². The number of carbonyl (C=O) groups excluding carboxylic acids is 1. The Kier molecular flexibility index (Phi) is 4.47. The van der Waals surface area contributed by atoms with Crippen LogP contribution in [0.2, 0.25) is 0 Å². The Bertz CT molecular complexity index is 461. The first-order chi connectivity index (χ1) is 9.06.